The number of amides is 1. The van der Waals surface area contributed by atoms with Gasteiger partial charge in [0.15, 0.2) is 5.65 Å². The van der Waals surface area contributed by atoms with Gasteiger partial charge in [-0.05, 0) is 24.6 Å². The maximum atomic E-state index is 12.9. The lowest BCUT2D eigenvalue weighted by Crippen LogP contribution is -2.14. The number of pyridine rings is 1. The van der Waals surface area contributed by atoms with Crippen molar-refractivity contribution in [3.05, 3.63) is 48.3 Å². The number of ether oxygens (including phenoxy) is 1. The predicted octanol–water partition coefficient (Wildman–Crippen LogP) is 8.85. The third kappa shape index (κ3) is 10.6. The Labute approximate surface area is 223 Å². The Hall–Kier alpha value is -2.89. The molecule has 0 aliphatic heterocycles. The zero-order valence-electron chi connectivity index (χ0n) is 22.8. The summed E-state index contributed by atoms with van der Waals surface area (Å²) >= 11 is 0. The smallest absolute Gasteiger partial charge is 0.259 e. The first-order chi connectivity index (χ1) is 18.3. The molecule has 0 saturated heterocycles. The van der Waals surface area contributed by atoms with E-state index in [0.717, 1.165) is 11.8 Å². The number of anilines is 1. The van der Waals surface area contributed by atoms with Crippen molar-refractivity contribution in [1.29, 1.82) is 0 Å². The highest BCUT2D eigenvalue weighted by Gasteiger charge is 2.14. The van der Waals surface area contributed by atoms with E-state index in [1.54, 1.807) is 24.5 Å². The fourth-order valence-corrected chi connectivity index (χ4v) is 4.76. The van der Waals surface area contributed by atoms with Crippen LogP contribution in [0.25, 0.3) is 11.0 Å². The number of hydrogen-bond acceptors (Lipinski definition) is 4. The van der Waals surface area contributed by atoms with Crippen molar-refractivity contribution in [3.63, 3.8) is 0 Å². The predicted molar refractivity (Wildman–Crippen MR) is 153 cm³/mol. The Kier molecular flexibility index (Phi) is 13.6. The topological polar surface area (TPSA) is 79.9 Å². The molecular formula is C31H46N4O2. The summed E-state index contributed by atoms with van der Waals surface area (Å²) in [6, 6.07) is 9.19. The molecule has 2 N–H and O–H groups in total. The van der Waals surface area contributed by atoms with Gasteiger partial charge in [-0.25, -0.2) is 4.98 Å². The highest BCUT2D eigenvalue weighted by atomic mass is 16.5. The summed E-state index contributed by atoms with van der Waals surface area (Å²) in [4.78, 5) is 17.2. The molecule has 0 spiro atoms. The molecule has 3 rings (SSSR count). The second-order valence-electron chi connectivity index (χ2n) is 10.1. The number of H-pyrrole nitrogens is 1. The van der Waals surface area contributed by atoms with Gasteiger partial charge in [-0.15, -0.1) is 0 Å². The molecule has 0 aliphatic carbocycles. The van der Waals surface area contributed by atoms with Gasteiger partial charge in [-0.3, -0.25) is 9.89 Å². The van der Waals surface area contributed by atoms with Crippen LogP contribution in [0.2, 0.25) is 0 Å². The molecule has 0 fully saturated rings. The Morgan fingerprint density at radius 1 is 0.811 bits per heavy atom. The molecule has 1 aromatic carbocycles. The van der Waals surface area contributed by atoms with Gasteiger partial charge in [-0.1, -0.05) is 115 Å². The average Bonchev–Trinajstić information content (AvgIpc) is 3.41. The van der Waals surface area contributed by atoms with E-state index in [2.05, 4.69) is 27.4 Å². The molecule has 0 saturated carbocycles. The van der Waals surface area contributed by atoms with Crippen molar-refractivity contribution < 1.29 is 9.53 Å². The summed E-state index contributed by atoms with van der Waals surface area (Å²) in [5.74, 6) is 0.426. The Morgan fingerprint density at radius 2 is 1.41 bits per heavy atom. The lowest BCUT2D eigenvalue weighted by molar-refractivity contribution is 0.102. The molecule has 6 nitrogen and oxygen atoms in total. The second kappa shape index (κ2) is 17.5. The number of aromatic nitrogens is 3. The molecule has 202 valence electrons. The minimum Gasteiger partial charge on any atom is -0.493 e. The third-order valence-corrected chi connectivity index (χ3v) is 6.99. The standard InChI is InChI=1S/C31H46N4O2/c1-2-3-4-5-6-7-8-9-10-11-12-13-14-15-16-19-24-37-29-21-18-17-20-26(29)31(36)34-28-22-23-32-30-27(28)25-33-35-30/h17-18,20-23,25H,2-16,19,24H2,1H3,(H2,32,33,34,35,36). The highest BCUT2D eigenvalue weighted by Crippen LogP contribution is 2.23. The van der Waals surface area contributed by atoms with Gasteiger partial charge in [0.25, 0.3) is 5.91 Å². The summed E-state index contributed by atoms with van der Waals surface area (Å²) in [5.41, 5.74) is 1.86. The molecule has 3 aromatic rings. The van der Waals surface area contributed by atoms with Gasteiger partial charge in [0.05, 0.1) is 29.4 Å². The number of nitrogens with zero attached hydrogens (tertiary/aromatic N) is 2. The highest BCUT2D eigenvalue weighted by molar-refractivity contribution is 6.09. The number of aromatic amines is 1. The molecule has 37 heavy (non-hydrogen) atoms. The van der Waals surface area contributed by atoms with Gasteiger partial charge in [0, 0.05) is 6.20 Å². The summed E-state index contributed by atoms with van der Waals surface area (Å²) in [6.45, 7) is 2.91. The zero-order chi connectivity index (χ0) is 26.0. The number of para-hydroxylation sites is 1. The summed E-state index contributed by atoms with van der Waals surface area (Å²) in [6.07, 6.45) is 24.9. The Balaban J connectivity index is 1.22. The quantitative estimate of drug-likeness (QED) is 0.150. The molecule has 1 amide bonds. The lowest BCUT2D eigenvalue weighted by atomic mass is 10.0. The summed E-state index contributed by atoms with van der Waals surface area (Å²) in [7, 11) is 0. The number of fused-ring (bicyclic) bond motifs is 1. The molecule has 6 heteroatoms. The van der Waals surface area contributed by atoms with Gasteiger partial charge in [0.2, 0.25) is 0 Å². The number of rotatable bonds is 20. The van der Waals surface area contributed by atoms with Crippen LogP contribution < -0.4 is 10.1 Å². The first kappa shape index (κ1) is 28.7. The van der Waals surface area contributed by atoms with Gasteiger partial charge >= 0.3 is 0 Å². The van der Waals surface area contributed by atoms with Gasteiger partial charge in [-0.2, -0.15) is 5.10 Å². The normalized spacial score (nSPS) is 11.2. The Morgan fingerprint density at radius 3 is 2.05 bits per heavy atom. The minimum absolute atomic E-state index is 0.198. The largest absolute Gasteiger partial charge is 0.493 e. The molecule has 0 bridgehead atoms. The number of carbonyl (C=O) groups is 1. The number of carbonyl (C=O) groups excluding carboxylic acids is 1. The average molecular weight is 507 g/mol. The van der Waals surface area contributed by atoms with Crippen LogP contribution in [0.5, 0.6) is 5.75 Å². The number of hydrogen-bond donors (Lipinski definition) is 2. The van der Waals surface area contributed by atoms with Crippen LogP contribution in [0.15, 0.2) is 42.7 Å². The molecule has 2 heterocycles. The number of nitrogens with one attached hydrogen (secondary N) is 2. The van der Waals surface area contributed by atoms with Crippen LogP contribution in [0.3, 0.4) is 0 Å². The van der Waals surface area contributed by atoms with E-state index >= 15 is 0 Å². The molecule has 0 aliphatic rings. The minimum atomic E-state index is -0.198. The van der Waals surface area contributed by atoms with Crippen molar-refractivity contribution in [2.45, 2.75) is 110 Å². The van der Waals surface area contributed by atoms with E-state index in [0.29, 0.717) is 29.3 Å². The molecular weight excluding hydrogens is 460 g/mol. The van der Waals surface area contributed by atoms with E-state index in [1.807, 2.05) is 18.2 Å². The van der Waals surface area contributed by atoms with Crippen LogP contribution in [0, 0.1) is 0 Å². The number of unbranched alkanes of at least 4 members (excludes halogenated alkanes) is 15. The van der Waals surface area contributed by atoms with E-state index in [9.17, 15) is 4.79 Å². The second-order valence-corrected chi connectivity index (χ2v) is 10.1. The fourth-order valence-electron chi connectivity index (χ4n) is 4.76. The van der Waals surface area contributed by atoms with Crippen LogP contribution >= 0.6 is 0 Å². The monoisotopic (exact) mass is 506 g/mol. The summed E-state index contributed by atoms with van der Waals surface area (Å²) in [5, 5.41) is 10.6. The molecule has 0 radical (unpaired) electrons. The fraction of sp³-hybridized carbons (Fsp3) is 0.581. The van der Waals surface area contributed by atoms with E-state index < -0.39 is 0 Å². The SMILES string of the molecule is CCCCCCCCCCCCCCCCCCOc1ccccc1C(=O)Nc1ccnc2[nH]ncc12. The van der Waals surface area contributed by atoms with Crippen LogP contribution in [0.1, 0.15) is 120 Å². The van der Waals surface area contributed by atoms with Crippen LogP contribution in [-0.2, 0) is 0 Å². The molecule has 0 unspecified atom stereocenters. The van der Waals surface area contributed by atoms with Crippen LogP contribution in [-0.4, -0.2) is 27.7 Å². The Bertz CT molecular complexity index is 1030. The van der Waals surface area contributed by atoms with E-state index in [1.165, 1.54) is 96.3 Å². The van der Waals surface area contributed by atoms with E-state index in [-0.39, 0.29) is 5.91 Å². The van der Waals surface area contributed by atoms with Crippen molar-refractivity contribution in [2.24, 2.45) is 0 Å². The van der Waals surface area contributed by atoms with Crippen molar-refractivity contribution in [1.82, 2.24) is 15.2 Å². The summed E-state index contributed by atoms with van der Waals surface area (Å²) < 4.78 is 6.00. The maximum Gasteiger partial charge on any atom is 0.259 e. The van der Waals surface area contributed by atoms with Gasteiger partial charge in [0.1, 0.15) is 5.75 Å². The van der Waals surface area contributed by atoms with Crippen molar-refractivity contribution >= 4 is 22.6 Å². The van der Waals surface area contributed by atoms with Gasteiger partial charge < -0.3 is 10.1 Å². The van der Waals surface area contributed by atoms with Crippen molar-refractivity contribution in [2.75, 3.05) is 11.9 Å². The number of benzene rings is 1. The molecule has 2 aromatic heterocycles. The zero-order valence-corrected chi connectivity index (χ0v) is 22.8. The van der Waals surface area contributed by atoms with Crippen molar-refractivity contribution in [3.8, 4) is 5.75 Å². The lowest BCUT2D eigenvalue weighted by Gasteiger charge is -2.12. The van der Waals surface area contributed by atoms with Crippen LogP contribution in [0.4, 0.5) is 5.69 Å². The van der Waals surface area contributed by atoms with E-state index in [4.69, 9.17) is 4.74 Å². The molecule has 0 atom stereocenters. The third-order valence-electron chi connectivity index (χ3n) is 6.99. The first-order valence-electron chi connectivity index (χ1n) is 14.6. The maximum absolute atomic E-state index is 12.9. The first-order valence-corrected chi connectivity index (χ1v) is 14.6.